The number of hydrogen-bond donors (Lipinski definition) is 1. The van der Waals surface area contributed by atoms with Crippen LogP contribution >= 0.6 is 11.6 Å². The highest BCUT2D eigenvalue weighted by molar-refractivity contribution is 6.31. The Labute approximate surface area is 100.0 Å². The van der Waals surface area contributed by atoms with Crippen molar-refractivity contribution in [1.82, 2.24) is 9.47 Å². The summed E-state index contributed by atoms with van der Waals surface area (Å²) in [5.74, 6) is 0.00912. The van der Waals surface area contributed by atoms with Gasteiger partial charge in [-0.25, -0.2) is 0 Å². The summed E-state index contributed by atoms with van der Waals surface area (Å²) >= 11 is 5.87. The van der Waals surface area contributed by atoms with Gasteiger partial charge in [-0.1, -0.05) is 11.6 Å². The summed E-state index contributed by atoms with van der Waals surface area (Å²) in [5.41, 5.74) is 6.52. The van der Waals surface area contributed by atoms with Crippen LogP contribution in [0.5, 0.6) is 0 Å². The Morgan fingerprint density at radius 1 is 1.62 bits per heavy atom. The molecule has 5 heteroatoms. The molecule has 1 amide bonds. The fourth-order valence-electron chi connectivity index (χ4n) is 2.13. The number of aryl methyl sites for hydroxylation is 1. The Hall–Kier alpha value is -1.00. The molecule has 0 spiro atoms. The van der Waals surface area contributed by atoms with Crippen LogP contribution in [0.1, 0.15) is 23.8 Å². The highest BCUT2D eigenvalue weighted by Gasteiger charge is 2.32. The van der Waals surface area contributed by atoms with Crippen molar-refractivity contribution in [2.24, 2.45) is 12.8 Å². The maximum Gasteiger partial charge on any atom is 0.270 e. The van der Waals surface area contributed by atoms with E-state index in [4.69, 9.17) is 17.3 Å². The van der Waals surface area contributed by atoms with Gasteiger partial charge in [0.05, 0.1) is 5.02 Å². The highest BCUT2D eigenvalue weighted by atomic mass is 35.5. The predicted molar refractivity (Wildman–Crippen MR) is 63.5 cm³/mol. The van der Waals surface area contributed by atoms with Gasteiger partial charge < -0.3 is 15.2 Å². The number of nitrogens with two attached hydrogens (primary N) is 1. The van der Waals surface area contributed by atoms with Gasteiger partial charge in [-0.3, -0.25) is 4.79 Å². The first-order chi connectivity index (χ1) is 7.50. The van der Waals surface area contributed by atoms with Gasteiger partial charge in [-0.2, -0.15) is 0 Å². The molecule has 0 bridgehead atoms. The van der Waals surface area contributed by atoms with Crippen LogP contribution in [0.15, 0.2) is 12.3 Å². The maximum absolute atomic E-state index is 12.2. The molecule has 2 N–H and O–H groups in total. The number of carbonyl (C=O) groups is 1. The first-order valence-corrected chi connectivity index (χ1v) is 5.77. The summed E-state index contributed by atoms with van der Waals surface area (Å²) in [6.07, 6.45) is 2.60. The molecule has 1 aromatic rings. The van der Waals surface area contributed by atoms with E-state index in [1.807, 2.05) is 18.9 Å². The van der Waals surface area contributed by atoms with E-state index < -0.39 is 0 Å². The molecule has 2 rings (SSSR count). The van der Waals surface area contributed by atoms with Crippen molar-refractivity contribution in [3.8, 4) is 0 Å². The number of amides is 1. The lowest BCUT2D eigenvalue weighted by Gasteiger charge is -2.23. The molecule has 1 aliphatic rings. The third-order valence-electron chi connectivity index (χ3n) is 3.27. The van der Waals surface area contributed by atoms with E-state index in [2.05, 4.69) is 0 Å². The monoisotopic (exact) mass is 241 g/mol. The molecule has 0 radical (unpaired) electrons. The molecule has 4 nitrogen and oxygen atoms in total. The van der Waals surface area contributed by atoms with Crippen molar-refractivity contribution in [1.29, 1.82) is 0 Å². The molecule has 0 saturated carbocycles. The summed E-state index contributed by atoms with van der Waals surface area (Å²) in [4.78, 5) is 14.0. The van der Waals surface area contributed by atoms with Crippen molar-refractivity contribution in [2.75, 3.05) is 6.54 Å². The maximum atomic E-state index is 12.2. The third-order valence-corrected chi connectivity index (χ3v) is 3.47. The lowest BCUT2D eigenvalue weighted by molar-refractivity contribution is 0.0733. The molecule has 2 heterocycles. The lowest BCUT2D eigenvalue weighted by atomic mass is 10.1. The van der Waals surface area contributed by atoms with Crippen LogP contribution in [-0.2, 0) is 7.05 Å². The van der Waals surface area contributed by atoms with Crippen LogP contribution < -0.4 is 5.73 Å². The van der Waals surface area contributed by atoms with Crippen LogP contribution in [0.25, 0.3) is 0 Å². The topological polar surface area (TPSA) is 51.3 Å². The minimum absolute atomic E-state index is 0.00912. The second kappa shape index (κ2) is 4.11. The number of nitrogens with zero attached hydrogens (tertiary/aromatic N) is 2. The first kappa shape index (κ1) is 11.5. The van der Waals surface area contributed by atoms with Crippen molar-refractivity contribution in [2.45, 2.75) is 25.4 Å². The van der Waals surface area contributed by atoms with Crippen LogP contribution in [-0.4, -0.2) is 34.0 Å². The largest absolute Gasteiger partial charge is 0.345 e. The molecular formula is C11H16ClN3O. The summed E-state index contributed by atoms with van der Waals surface area (Å²) in [7, 11) is 1.82. The van der Waals surface area contributed by atoms with E-state index in [1.165, 1.54) is 0 Å². The molecule has 88 valence electrons. The van der Waals surface area contributed by atoms with Crippen LogP contribution in [0.3, 0.4) is 0 Å². The van der Waals surface area contributed by atoms with Crippen LogP contribution in [0, 0.1) is 0 Å². The van der Waals surface area contributed by atoms with Gasteiger partial charge in [0.1, 0.15) is 5.69 Å². The van der Waals surface area contributed by atoms with E-state index in [-0.39, 0.29) is 18.0 Å². The summed E-state index contributed by atoms with van der Waals surface area (Å²) in [6.45, 7) is 2.71. The van der Waals surface area contributed by atoms with E-state index in [0.717, 1.165) is 13.0 Å². The fourth-order valence-corrected chi connectivity index (χ4v) is 2.38. The Morgan fingerprint density at radius 3 is 2.75 bits per heavy atom. The van der Waals surface area contributed by atoms with Crippen molar-refractivity contribution in [3.63, 3.8) is 0 Å². The number of carbonyl (C=O) groups excluding carboxylic acids is 1. The molecule has 1 aliphatic heterocycles. The SMILES string of the molecule is CC1C(N)CCN1C(=O)c1cc(Cl)cn1C. The lowest BCUT2D eigenvalue weighted by Crippen LogP contribution is -2.40. The Morgan fingerprint density at radius 2 is 2.31 bits per heavy atom. The zero-order valence-electron chi connectivity index (χ0n) is 9.48. The number of rotatable bonds is 1. The normalized spacial score (nSPS) is 25.1. The third kappa shape index (κ3) is 1.83. The van der Waals surface area contributed by atoms with Crippen molar-refractivity contribution >= 4 is 17.5 Å². The van der Waals surface area contributed by atoms with Crippen LogP contribution in [0.4, 0.5) is 0 Å². The summed E-state index contributed by atoms with van der Waals surface area (Å²) < 4.78 is 1.75. The van der Waals surface area contributed by atoms with Gasteiger partial charge >= 0.3 is 0 Å². The molecule has 1 fully saturated rings. The second-order valence-electron chi connectivity index (χ2n) is 4.35. The van der Waals surface area contributed by atoms with Gasteiger partial charge in [0.15, 0.2) is 0 Å². The second-order valence-corrected chi connectivity index (χ2v) is 4.78. The van der Waals surface area contributed by atoms with E-state index in [0.29, 0.717) is 10.7 Å². The Bertz CT molecular complexity index is 415. The predicted octanol–water partition coefficient (Wildman–Crippen LogP) is 1.24. The zero-order chi connectivity index (χ0) is 11.9. The van der Waals surface area contributed by atoms with E-state index in [9.17, 15) is 4.79 Å². The molecule has 1 aromatic heterocycles. The molecular weight excluding hydrogens is 226 g/mol. The number of likely N-dealkylation sites (tertiary alicyclic amines) is 1. The van der Waals surface area contributed by atoms with Gasteiger partial charge in [0.25, 0.3) is 5.91 Å². The smallest absolute Gasteiger partial charge is 0.270 e. The summed E-state index contributed by atoms with van der Waals surface area (Å²) in [6, 6.07) is 1.88. The number of hydrogen-bond acceptors (Lipinski definition) is 2. The minimum Gasteiger partial charge on any atom is -0.345 e. The molecule has 0 aliphatic carbocycles. The average Bonchev–Trinajstić information content (AvgIpc) is 2.71. The van der Waals surface area contributed by atoms with E-state index >= 15 is 0 Å². The zero-order valence-corrected chi connectivity index (χ0v) is 10.2. The molecule has 16 heavy (non-hydrogen) atoms. The molecule has 2 atom stereocenters. The minimum atomic E-state index is 0.00912. The van der Waals surface area contributed by atoms with Crippen molar-refractivity contribution < 1.29 is 4.79 Å². The quantitative estimate of drug-likeness (QED) is 0.804. The van der Waals surface area contributed by atoms with Crippen LogP contribution in [0.2, 0.25) is 5.02 Å². The fraction of sp³-hybridized carbons (Fsp3) is 0.545. The highest BCUT2D eigenvalue weighted by Crippen LogP contribution is 2.21. The Balaban J connectivity index is 2.23. The van der Waals surface area contributed by atoms with Gasteiger partial charge in [-0.05, 0) is 19.4 Å². The molecule has 2 unspecified atom stereocenters. The first-order valence-electron chi connectivity index (χ1n) is 5.39. The van der Waals surface area contributed by atoms with Crippen molar-refractivity contribution in [3.05, 3.63) is 23.0 Å². The number of halogens is 1. The average molecular weight is 242 g/mol. The Kier molecular flexibility index (Phi) is 2.95. The van der Waals surface area contributed by atoms with Gasteiger partial charge in [0.2, 0.25) is 0 Å². The standard InChI is InChI=1S/C11H16ClN3O/c1-7-9(13)3-4-15(7)11(16)10-5-8(12)6-14(10)2/h5-7,9H,3-4,13H2,1-2H3. The van der Waals surface area contributed by atoms with Gasteiger partial charge in [0, 0.05) is 31.9 Å². The summed E-state index contributed by atoms with van der Waals surface area (Å²) in [5, 5.41) is 0.585. The number of aromatic nitrogens is 1. The molecule has 1 saturated heterocycles. The van der Waals surface area contributed by atoms with E-state index in [1.54, 1.807) is 16.8 Å². The molecule has 0 aromatic carbocycles. The van der Waals surface area contributed by atoms with Gasteiger partial charge in [-0.15, -0.1) is 0 Å².